The molecule has 0 atom stereocenters. The maximum atomic E-state index is 11.7. The molecule has 0 unspecified atom stereocenters. The summed E-state index contributed by atoms with van der Waals surface area (Å²) >= 11 is 6.05. The van der Waals surface area contributed by atoms with Gasteiger partial charge in [-0.05, 0) is 30.7 Å². The third kappa shape index (κ3) is 3.00. The van der Waals surface area contributed by atoms with Crippen LogP contribution in [0.15, 0.2) is 24.4 Å². The highest BCUT2D eigenvalue weighted by Crippen LogP contribution is 2.33. The van der Waals surface area contributed by atoms with E-state index in [9.17, 15) is 13.2 Å². The van der Waals surface area contributed by atoms with Gasteiger partial charge in [-0.25, -0.2) is 8.42 Å². The fourth-order valence-electron chi connectivity index (χ4n) is 1.84. The predicted octanol–water partition coefficient (Wildman–Crippen LogP) is 2.02. The Labute approximate surface area is 120 Å². The topological polar surface area (TPSA) is 96.4 Å². The number of carboxylic acid groups (broad SMARTS) is 1. The Balaban J connectivity index is 2.58. The zero-order valence-corrected chi connectivity index (χ0v) is 12.0. The van der Waals surface area contributed by atoms with Gasteiger partial charge in [0.2, 0.25) is 10.0 Å². The van der Waals surface area contributed by atoms with Crippen molar-refractivity contribution in [3.63, 3.8) is 0 Å². The second kappa shape index (κ2) is 5.26. The highest BCUT2D eigenvalue weighted by atomic mass is 35.5. The van der Waals surface area contributed by atoms with Gasteiger partial charge < -0.3 is 5.11 Å². The van der Waals surface area contributed by atoms with Crippen molar-refractivity contribution in [1.29, 1.82) is 0 Å². The predicted molar refractivity (Wildman–Crippen MR) is 76.5 cm³/mol. The van der Waals surface area contributed by atoms with Gasteiger partial charge in [0.05, 0.1) is 16.2 Å². The quantitative estimate of drug-likeness (QED) is 0.900. The molecule has 1 aromatic heterocycles. The first-order chi connectivity index (χ1) is 9.30. The molecule has 106 valence electrons. The number of fused-ring (bicyclic) bond motifs is 1. The van der Waals surface area contributed by atoms with Crippen molar-refractivity contribution < 1.29 is 18.3 Å². The standard InChI is InChI=1S/C12H11ClN2O4S/c1-7-5-9(13)12(8-3-2-4-14-11(7)8)15-20(18,19)6-10(16)17/h2-5,15H,6H2,1H3,(H,16,17). The van der Waals surface area contributed by atoms with Crippen LogP contribution in [0, 0.1) is 6.92 Å². The molecule has 0 amide bonds. The van der Waals surface area contributed by atoms with Crippen LogP contribution in [-0.4, -0.2) is 30.2 Å². The molecule has 1 heterocycles. The lowest BCUT2D eigenvalue weighted by Gasteiger charge is -2.12. The van der Waals surface area contributed by atoms with E-state index in [-0.39, 0.29) is 10.7 Å². The number of rotatable bonds is 4. The van der Waals surface area contributed by atoms with Crippen LogP contribution in [0.25, 0.3) is 10.9 Å². The number of halogens is 1. The number of aromatic nitrogens is 1. The molecule has 2 aromatic rings. The van der Waals surface area contributed by atoms with Crippen LogP contribution in [0.3, 0.4) is 0 Å². The molecule has 2 N–H and O–H groups in total. The molecule has 1 aromatic carbocycles. The van der Waals surface area contributed by atoms with Crippen LogP contribution >= 0.6 is 11.6 Å². The van der Waals surface area contributed by atoms with E-state index < -0.39 is 21.7 Å². The minimum Gasteiger partial charge on any atom is -0.480 e. The molecular weight excluding hydrogens is 304 g/mol. The number of pyridine rings is 1. The maximum Gasteiger partial charge on any atom is 0.320 e. The molecule has 0 aliphatic heterocycles. The minimum atomic E-state index is -4.02. The summed E-state index contributed by atoms with van der Waals surface area (Å²) < 4.78 is 25.6. The maximum absolute atomic E-state index is 11.7. The summed E-state index contributed by atoms with van der Waals surface area (Å²) in [7, 11) is -4.02. The number of nitrogens with zero attached hydrogens (tertiary/aromatic N) is 1. The zero-order valence-electron chi connectivity index (χ0n) is 10.4. The third-order valence-electron chi connectivity index (χ3n) is 2.60. The summed E-state index contributed by atoms with van der Waals surface area (Å²) in [5.41, 5.74) is 1.54. The summed E-state index contributed by atoms with van der Waals surface area (Å²) in [6.45, 7) is 1.80. The van der Waals surface area contributed by atoms with Crippen molar-refractivity contribution >= 4 is 44.2 Å². The molecular formula is C12H11ClN2O4S. The molecule has 0 spiro atoms. The number of anilines is 1. The number of carbonyl (C=O) groups is 1. The van der Waals surface area contributed by atoms with Crippen LogP contribution < -0.4 is 4.72 Å². The second-order valence-electron chi connectivity index (χ2n) is 4.20. The summed E-state index contributed by atoms with van der Waals surface area (Å²) in [4.78, 5) is 14.7. The van der Waals surface area contributed by atoms with Gasteiger partial charge >= 0.3 is 5.97 Å². The van der Waals surface area contributed by atoms with Gasteiger partial charge in [0.25, 0.3) is 0 Å². The first-order valence-electron chi connectivity index (χ1n) is 5.56. The molecule has 0 radical (unpaired) electrons. The van der Waals surface area contributed by atoms with Crippen molar-refractivity contribution in [3.05, 3.63) is 35.0 Å². The Morgan fingerprint density at radius 1 is 1.50 bits per heavy atom. The number of hydrogen-bond donors (Lipinski definition) is 2. The van der Waals surface area contributed by atoms with E-state index in [4.69, 9.17) is 16.7 Å². The van der Waals surface area contributed by atoms with Crippen molar-refractivity contribution in [2.45, 2.75) is 6.92 Å². The van der Waals surface area contributed by atoms with Gasteiger partial charge in [0.1, 0.15) is 0 Å². The van der Waals surface area contributed by atoms with Gasteiger partial charge in [0.15, 0.2) is 5.75 Å². The summed E-state index contributed by atoms with van der Waals surface area (Å²) in [6.07, 6.45) is 1.58. The SMILES string of the molecule is Cc1cc(Cl)c(NS(=O)(=O)CC(=O)O)c2cccnc12. The van der Waals surface area contributed by atoms with Crippen LogP contribution in [0.2, 0.25) is 5.02 Å². The van der Waals surface area contributed by atoms with E-state index in [1.807, 2.05) is 0 Å². The third-order valence-corrected chi connectivity index (χ3v) is 4.04. The molecule has 8 heteroatoms. The van der Waals surface area contributed by atoms with Crippen LogP contribution in [-0.2, 0) is 14.8 Å². The molecule has 0 saturated carbocycles. The number of benzene rings is 1. The monoisotopic (exact) mass is 314 g/mol. The lowest BCUT2D eigenvalue weighted by Crippen LogP contribution is -2.22. The summed E-state index contributed by atoms with van der Waals surface area (Å²) in [6, 6.07) is 4.89. The Morgan fingerprint density at radius 2 is 2.20 bits per heavy atom. The lowest BCUT2D eigenvalue weighted by molar-refractivity contribution is -0.134. The largest absolute Gasteiger partial charge is 0.480 e. The fourth-order valence-corrected chi connectivity index (χ4v) is 3.14. The Bertz CT molecular complexity index is 789. The number of sulfonamides is 1. The van der Waals surface area contributed by atoms with Crippen molar-refractivity contribution in [1.82, 2.24) is 4.98 Å². The van der Waals surface area contributed by atoms with Gasteiger partial charge in [-0.1, -0.05) is 11.6 Å². The summed E-state index contributed by atoms with van der Waals surface area (Å²) in [5, 5.41) is 9.30. The van der Waals surface area contributed by atoms with E-state index >= 15 is 0 Å². The first-order valence-corrected chi connectivity index (χ1v) is 7.59. The normalized spacial score (nSPS) is 11.5. The van der Waals surface area contributed by atoms with Crippen LogP contribution in [0.5, 0.6) is 0 Å². The van der Waals surface area contributed by atoms with Crippen LogP contribution in [0.4, 0.5) is 5.69 Å². The van der Waals surface area contributed by atoms with Gasteiger partial charge in [-0.3, -0.25) is 14.5 Å². The van der Waals surface area contributed by atoms with E-state index in [0.29, 0.717) is 10.9 Å². The highest BCUT2D eigenvalue weighted by Gasteiger charge is 2.19. The Hall–Kier alpha value is -1.86. The van der Waals surface area contributed by atoms with Crippen molar-refractivity contribution in [3.8, 4) is 0 Å². The van der Waals surface area contributed by atoms with E-state index in [1.54, 1.807) is 31.3 Å². The van der Waals surface area contributed by atoms with Crippen molar-refractivity contribution in [2.75, 3.05) is 10.5 Å². The van der Waals surface area contributed by atoms with Gasteiger partial charge in [-0.2, -0.15) is 0 Å². The lowest BCUT2D eigenvalue weighted by atomic mass is 10.1. The Kier molecular flexibility index (Phi) is 3.82. The van der Waals surface area contributed by atoms with Gasteiger partial charge in [0, 0.05) is 11.6 Å². The average molecular weight is 315 g/mol. The number of nitrogens with one attached hydrogen (secondary N) is 1. The number of carboxylic acids is 1. The molecule has 6 nitrogen and oxygen atoms in total. The molecule has 0 saturated heterocycles. The average Bonchev–Trinajstić information content (AvgIpc) is 2.33. The Morgan fingerprint density at radius 3 is 2.85 bits per heavy atom. The van der Waals surface area contributed by atoms with E-state index in [2.05, 4.69) is 9.71 Å². The smallest absolute Gasteiger partial charge is 0.320 e. The molecule has 0 bridgehead atoms. The molecule has 20 heavy (non-hydrogen) atoms. The summed E-state index contributed by atoms with van der Waals surface area (Å²) in [5.74, 6) is -2.47. The molecule has 0 fully saturated rings. The highest BCUT2D eigenvalue weighted by molar-refractivity contribution is 7.93. The number of hydrogen-bond acceptors (Lipinski definition) is 4. The fraction of sp³-hybridized carbons (Fsp3) is 0.167. The first kappa shape index (κ1) is 14.5. The molecule has 0 aliphatic carbocycles. The van der Waals surface area contributed by atoms with Gasteiger partial charge in [-0.15, -0.1) is 0 Å². The molecule has 2 rings (SSSR count). The number of aryl methyl sites for hydroxylation is 1. The minimum absolute atomic E-state index is 0.140. The zero-order chi connectivity index (χ0) is 14.9. The van der Waals surface area contributed by atoms with Crippen molar-refractivity contribution in [2.24, 2.45) is 0 Å². The van der Waals surface area contributed by atoms with Crippen LogP contribution in [0.1, 0.15) is 5.56 Å². The van der Waals surface area contributed by atoms with E-state index in [1.165, 1.54) is 0 Å². The van der Waals surface area contributed by atoms with E-state index in [0.717, 1.165) is 5.56 Å². The second-order valence-corrected chi connectivity index (χ2v) is 6.33. The number of aliphatic carboxylic acids is 1. The molecule has 0 aliphatic rings.